The van der Waals surface area contributed by atoms with Crippen molar-refractivity contribution >= 4 is 11.8 Å². The summed E-state index contributed by atoms with van der Waals surface area (Å²) in [5.41, 5.74) is 0.246. The molecule has 1 atom stereocenters. The van der Waals surface area contributed by atoms with Gasteiger partial charge in [-0.3, -0.25) is 9.59 Å². The van der Waals surface area contributed by atoms with Crippen LogP contribution in [-0.4, -0.2) is 58.5 Å². The number of nitrogens with zero attached hydrogens (tertiary/aromatic N) is 2. The Kier molecular flexibility index (Phi) is 5.63. The van der Waals surface area contributed by atoms with E-state index >= 15 is 0 Å². The van der Waals surface area contributed by atoms with Gasteiger partial charge in [0, 0.05) is 25.6 Å². The first-order chi connectivity index (χ1) is 12.9. The van der Waals surface area contributed by atoms with Gasteiger partial charge < -0.3 is 19.6 Å². The molecule has 0 aromatic heterocycles. The molecule has 148 valence electrons. The summed E-state index contributed by atoms with van der Waals surface area (Å²) in [6, 6.07) is 5.36. The van der Waals surface area contributed by atoms with E-state index in [1.807, 2.05) is 29.7 Å². The number of phenolic OH excluding ortho intramolecular Hbond substituents is 1. The van der Waals surface area contributed by atoms with Crippen LogP contribution in [0.5, 0.6) is 11.5 Å². The zero-order valence-corrected chi connectivity index (χ0v) is 16.5. The fourth-order valence-corrected chi connectivity index (χ4v) is 4.51. The van der Waals surface area contributed by atoms with Crippen molar-refractivity contribution in [3.05, 3.63) is 23.8 Å². The minimum Gasteiger partial charge on any atom is -0.504 e. The van der Waals surface area contributed by atoms with Gasteiger partial charge in [-0.25, -0.2) is 0 Å². The van der Waals surface area contributed by atoms with E-state index in [-0.39, 0.29) is 23.6 Å². The van der Waals surface area contributed by atoms with Crippen molar-refractivity contribution in [3.63, 3.8) is 0 Å². The third-order valence-corrected chi connectivity index (χ3v) is 5.93. The molecular weight excluding hydrogens is 344 g/mol. The van der Waals surface area contributed by atoms with Crippen LogP contribution in [0.1, 0.15) is 51.5 Å². The van der Waals surface area contributed by atoms with Crippen LogP contribution in [0, 0.1) is 0 Å². The van der Waals surface area contributed by atoms with Crippen LogP contribution < -0.4 is 4.74 Å². The predicted molar refractivity (Wildman–Crippen MR) is 103 cm³/mol. The summed E-state index contributed by atoms with van der Waals surface area (Å²) in [5, 5.41) is 9.91. The SMILES string of the molecule is COc1ccc(CCC(=O)N2CCCC23CCCN(C(C)C)C3=O)cc1O. The molecule has 0 bridgehead atoms. The van der Waals surface area contributed by atoms with Crippen LogP contribution >= 0.6 is 0 Å². The molecule has 2 heterocycles. The second kappa shape index (κ2) is 7.79. The monoisotopic (exact) mass is 374 g/mol. The highest BCUT2D eigenvalue weighted by molar-refractivity contribution is 5.93. The second-order valence-electron chi connectivity index (χ2n) is 7.88. The van der Waals surface area contributed by atoms with Gasteiger partial charge in [-0.05, 0) is 63.6 Å². The van der Waals surface area contributed by atoms with Gasteiger partial charge in [0.1, 0.15) is 5.54 Å². The number of piperidine rings is 1. The fraction of sp³-hybridized carbons (Fsp3) is 0.619. The molecule has 2 fully saturated rings. The average Bonchev–Trinajstić information content (AvgIpc) is 3.06. The van der Waals surface area contributed by atoms with Crippen molar-refractivity contribution in [1.82, 2.24) is 9.80 Å². The fourth-order valence-electron chi connectivity index (χ4n) is 4.51. The Morgan fingerprint density at radius 2 is 1.96 bits per heavy atom. The highest BCUT2D eigenvalue weighted by Gasteiger charge is 2.52. The van der Waals surface area contributed by atoms with Crippen LogP contribution in [-0.2, 0) is 16.0 Å². The largest absolute Gasteiger partial charge is 0.504 e. The molecule has 6 nitrogen and oxygen atoms in total. The molecule has 1 aromatic carbocycles. The topological polar surface area (TPSA) is 70.1 Å². The smallest absolute Gasteiger partial charge is 0.248 e. The highest BCUT2D eigenvalue weighted by atomic mass is 16.5. The Hall–Kier alpha value is -2.24. The summed E-state index contributed by atoms with van der Waals surface area (Å²) in [6.07, 6.45) is 4.23. The molecule has 1 N–H and O–H groups in total. The number of carbonyl (C=O) groups is 2. The molecule has 1 aromatic rings. The number of hydrogen-bond donors (Lipinski definition) is 1. The number of hydrogen-bond acceptors (Lipinski definition) is 4. The van der Waals surface area contributed by atoms with Crippen molar-refractivity contribution in [2.24, 2.45) is 0 Å². The molecule has 27 heavy (non-hydrogen) atoms. The summed E-state index contributed by atoms with van der Waals surface area (Å²) in [4.78, 5) is 29.9. The number of phenols is 1. The minimum absolute atomic E-state index is 0.0294. The van der Waals surface area contributed by atoms with Crippen molar-refractivity contribution in [1.29, 1.82) is 0 Å². The molecule has 0 radical (unpaired) electrons. The minimum atomic E-state index is -0.637. The Balaban J connectivity index is 1.70. The van der Waals surface area contributed by atoms with E-state index in [0.717, 1.165) is 37.8 Å². The predicted octanol–water partition coefficient (Wildman–Crippen LogP) is 2.73. The van der Waals surface area contributed by atoms with Crippen LogP contribution in [0.15, 0.2) is 18.2 Å². The average molecular weight is 374 g/mol. The number of rotatable bonds is 5. The van der Waals surface area contributed by atoms with Gasteiger partial charge in [0.25, 0.3) is 0 Å². The normalized spacial score (nSPS) is 22.7. The summed E-state index contributed by atoms with van der Waals surface area (Å²) in [5.74, 6) is 0.652. The Bertz CT molecular complexity index is 718. The third-order valence-electron chi connectivity index (χ3n) is 5.93. The number of aromatic hydroxyl groups is 1. The lowest BCUT2D eigenvalue weighted by atomic mass is 9.84. The van der Waals surface area contributed by atoms with Gasteiger partial charge in [0.2, 0.25) is 11.8 Å². The van der Waals surface area contributed by atoms with Gasteiger partial charge in [-0.15, -0.1) is 0 Å². The maximum atomic E-state index is 13.2. The maximum Gasteiger partial charge on any atom is 0.248 e. The first-order valence-corrected chi connectivity index (χ1v) is 9.86. The molecule has 0 saturated carbocycles. The first kappa shape index (κ1) is 19.5. The highest BCUT2D eigenvalue weighted by Crippen LogP contribution is 2.39. The van der Waals surface area contributed by atoms with Gasteiger partial charge in [0.05, 0.1) is 7.11 Å². The molecule has 2 amide bonds. The van der Waals surface area contributed by atoms with Crippen LogP contribution in [0.25, 0.3) is 0 Å². The maximum absolute atomic E-state index is 13.2. The van der Waals surface area contributed by atoms with Crippen molar-refractivity contribution in [2.45, 2.75) is 64.0 Å². The summed E-state index contributed by atoms with van der Waals surface area (Å²) >= 11 is 0. The number of methoxy groups -OCH3 is 1. The van der Waals surface area contributed by atoms with Crippen LogP contribution in [0.4, 0.5) is 0 Å². The molecular formula is C21H30N2O4. The third kappa shape index (κ3) is 3.62. The van der Waals surface area contributed by atoms with Crippen molar-refractivity contribution < 1.29 is 19.4 Å². The van der Waals surface area contributed by atoms with E-state index in [4.69, 9.17) is 4.74 Å². The molecule has 2 saturated heterocycles. The Labute approximate surface area is 161 Å². The van der Waals surface area contributed by atoms with Gasteiger partial charge in [0.15, 0.2) is 11.5 Å². The van der Waals surface area contributed by atoms with Crippen molar-refractivity contribution in [2.75, 3.05) is 20.2 Å². The summed E-state index contributed by atoms with van der Waals surface area (Å²) < 4.78 is 5.06. The first-order valence-electron chi connectivity index (χ1n) is 9.86. The zero-order chi connectivity index (χ0) is 19.6. The van der Waals surface area contributed by atoms with E-state index in [0.29, 0.717) is 25.1 Å². The molecule has 1 spiro atoms. The molecule has 6 heteroatoms. The van der Waals surface area contributed by atoms with Gasteiger partial charge in [-0.2, -0.15) is 0 Å². The van der Waals surface area contributed by atoms with Crippen LogP contribution in [0.2, 0.25) is 0 Å². The number of amides is 2. The molecule has 2 aliphatic rings. The number of likely N-dealkylation sites (tertiary alicyclic amines) is 2. The second-order valence-corrected chi connectivity index (χ2v) is 7.88. The lowest BCUT2D eigenvalue weighted by Crippen LogP contribution is -2.62. The summed E-state index contributed by atoms with van der Waals surface area (Å²) in [6.45, 7) is 5.51. The number of aryl methyl sites for hydroxylation is 1. The number of carbonyl (C=O) groups excluding carboxylic acids is 2. The number of ether oxygens (including phenoxy) is 1. The molecule has 0 aliphatic carbocycles. The quantitative estimate of drug-likeness (QED) is 0.860. The summed E-state index contributed by atoms with van der Waals surface area (Å²) in [7, 11) is 1.51. The van der Waals surface area contributed by atoms with Gasteiger partial charge >= 0.3 is 0 Å². The van der Waals surface area contributed by atoms with E-state index in [1.54, 1.807) is 12.1 Å². The molecule has 3 rings (SSSR count). The molecule has 2 aliphatic heterocycles. The van der Waals surface area contributed by atoms with Crippen LogP contribution in [0.3, 0.4) is 0 Å². The standard InChI is InChI=1S/C21H30N2O4/c1-15(2)22-12-4-10-21(20(22)26)11-5-13-23(21)19(25)9-7-16-6-8-18(27-3)17(24)14-16/h6,8,14-15,24H,4-5,7,9-13H2,1-3H3. The van der Waals surface area contributed by atoms with E-state index < -0.39 is 5.54 Å². The zero-order valence-electron chi connectivity index (χ0n) is 16.5. The molecule has 1 unspecified atom stereocenters. The van der Waals surface area contributed by atoms with Crippen molar-refractivity contribution in [3.8, 4) is 11.5 Å². The van der Waals surface area contributed by atoms with E-state index in [2.05, 4.69) is 0 Å². The lowest BCUT2D eigenvalue weighted by Gasteiger charge is -2.46. The number of benzene rings is 1. The van der Waals surface area contributed by atoms with E-state index in [9.17, 15) is 14.7 Å². The van der Waals surface area contributed by atoms with E-state index in [1.165, 1.54) is 7.11 Å². The lowest BCUT2D eigenvalue weighted by molar-refractivity contribution is -0.156. The Morgan fingerprint density at radius 1 is 1.26 bits per heavy atom. The Morgan fingerprint density at radius 3 is 2.59 bits per heavy atom. The van der Waals surface area contributed by atoms with Gasteiger partial charge in [-0.1, -0.05) is 6.07 Å².